The summed E-state index contributed by atoms with van der Waals surface area (Å²) >= 11 is 6.06. The van der Waals surface area contributed by atoms with Crippen molar-refractivity contribution in [1.29, 1.82) is 0 Å². The van der Waals surface area contributed by atoms with Crippen LogP contribution in [0.25, 0.3) is 0 Å². The highest BCUT2D eigenvalue weighted by molar-refractivity contribution is 6.31. The summed E-state index contributed by atoms with van der Waals surface area (Å²) in [5.74, 6) is -0.530. The quantitative estimate of drug-likeness (QED) is 0.661. The maximum Gasteiger partial charge on any atom is 0.312 e. The highest BCUT2D eigenvalue weighted by atomic mass is 35.5. The average Bonchev–Trinajstić information content (AvgIpc) is 3.39. The molecular formula is C22H21ClN2O7. The Balaban J connectivity index is 1.37. The van der Waals surface area contributed by atoms with Gasteiger partial charge in [0.2, 0.25) is 12.7 Å². The van der Waals surface area contributed by atoms with Crippen LogP contribution in [0.4, 0.5) is 11.4 Å². The molecule has 0 unspecified atom stereocenters. The molecule has 0 radical (unpaired) electrons. The van der Waals surface area contributed by atoms with E-state index in [9.17, 15) is 14.4 Å². The molecule has 0 spiro atoms. The molecule has 1 saturated heterocycles. The van der Waals surface area contributed by atoms with Gasteiger partial charge >= 0.3 is 5.97 Å². The molecule has 0 bridgehead atoms. The van der Waals surface area contributed by atoms with Crippen molar-refractivity contribution < 1.29 is 33.3 Å². The van der Waals surface area contributed by atoms with Crippen molar-refractivity contribution >= 4 is 40.8 Å². The van der Waals surface area contributed by atoms with Crippen LogP contribution in [0.1, 0.15) is 13.3 Å². The minimum atomic E-state index is -1.06. The topological polar surface area (TPSA) is 103 Å². The van der Waals surface area contributed by atoms with Gasteiger partial charge in [-0.05, 0) is 37.3 Å². The van der Waals surface area contributed by atoms with Crippen molar-refractivity contribution in [3.05, 3.63) is 41.4 Å². The summed E-state index contributed by atoms with van der Waals surface area (Å²) < 4.78 is 21.1. The van der Waals surface area contributed by atoms with E-state index in [1.165, 1.54) is 18.9 Å². The van der Waals surface area contributed by atoms with Gasteiger partial charge in [0, 0.05) is 29.7 Å². The van der Waals surface area contributed by atoms with Crippen LogP contribution in [0.3, 0.4) is 0 Å². The fourth-order valence-electron chi connectivity index (χ4n) is 3.51. The summed E-state index contributed by atoms with van der Waals surface area (Å²) in [7, 11) is 1.49. The zero-order valence-corrected chi connectivity index (χ0v) is 18.2. The second kappa shape index (κ2) is 8.96. The second-order valence-electron chi connectivity index (χ2n) is 7.36. The normalized spacial score (nSPS) is 17.8. The fourth-order valence-corrected chi connectivity index (χ4v) is 3.68. The lowest BCUT2D eigenvalue weighted by Crippen LogP contribution is -2.33. The van der Waals surface area contributed by atoms with E-state index in [-0.39, 0.29) is 25.7 Å². The summed E-state index contributed by atoms with van der Waals surface area (Å²) in [4.78, 5) is 39.1. The van der Waals surface area contributed by atoms with Crippen molar-refractivity contribution in [3.8, 4) is 17.2 Å². The predicted molar refractivity (Wildman–Crippen MR) is 115 cm³/mol. The Morgan fingerprint density at radius 2 is 1.97 bits per heavy atom. The number of hydrogen-bond acceptors (Lipinski definition) is 7. The van der Waals surface area contributed by atoms with Gasteiger partial charge in [0.15, 0.2) is 17.6 Å². The molecule has 2 heterocycles. The summed E-state index contributed by atoms with van der Waals surface area (Å²) in [6.45, 7) is 1.69. The van der Waals surface area contributed by atoms with E-state index in [0.717, 1.165) is 0 Å². The highest BCUT2D eigenvalue weighted by Crippen LogP contribution is 2.36. The number of rotatable bonds is 6. The van der Waals surface area contributed by atoms with E-state index in [1.807, 2.05) is 0 Å². The van der Waals surface area contributed by atoms with Crippen LogP contribution in [0.2, 0.25) is 5.02 Å². The number of methoxy groups -OCH3 is 1. The second-order valence-corrected chi connectivity index (χ2v) is 7.79. The van der Waals surface area contributed by atoms with Gasteiger partial charge in [-0.25, -0.2) is 0 Å². The van der Waals surface area contributed by atoms with Crippen molar-refractivity contribution in [2.45, 2.75) is 19.4 Å². The summed E-state index contributed by atoms with van der Waals surface area (Å²) in [5, 5.41) is 3.11. The maximum absolute atomic E-state index is 12.6. The number of halogens is 1. The van der Waals surface area contributed by atoms with Crippen LogP contribution >= 0.6 is 11.6 Å². The molecule has 2 aromatic rings. The van der Waals surface area contributed by atoms with E-state index in [0.29, 0.717) is 33.6 Å². The predicted octanol–water partition coefficient (Wildman–Crippen LogP) is 3.00. The molecule has 9 nitrogen and oxygen atoms in total. The number of fused-ring (bicyclic) bond motifs is 1. The first-order chi connectivity index (χ1) is 15.4. The third-order valence-corrected chi connectivity index (χ3v) is 5.43. The van der Waals surface area contributed by atoms with E-state index < -0.39 is 23.9 Å². The number of ether oxygens (including phenoxy) is 4. The summed E-state index contributed by atoms with van der Waals surface area (Å²) in [5.41, 5.74) is 0.964. The Kier molecular flexibility index (Phi) is 6.09. The Hall–Kier alpha value is -3.46. The fraction of sp³-hybridized carbons (Fsp3) is 0.318. The number of nitrogens with zero attached hydrogens (tertiary/aromatic N) is 1. The number of nitrogens with one attached hydrogen (secondary N) is 1. The van der Waals surface area contributed by atoms with E-state index in [4.69, 9.17) is 30.5 Å². The van der Waals surface area contributed by atoms with Crippen molar-refractivity contribution in [3.63, 3.8) is 0 Å². The van der Waals surface area contributed by atoms with Crippen LogP contribution in [-0.2, 0) is 19.1 Å². The van der Waals surface area contributed by atoms with Crippen molar-refractivity contribution in [2.24, 2.45) is 5.92 Å². The highest BCUT2D eigenvalue weighted by Gasteiger charge is 2.38. The number of carbonyl (C=O) groups excluding carboxylic acids is 3. The lowest BCUT2D eigenvalue weighted by Gasteiger charge is -2.20. The van der Waals surface area contributed by atoms with E-state index in [2.05, 4.69) is 5.32 Å². The molecule has 1 fully saturated rings. The number of hydrogen-bond donors (Lipinski definition) is 1. The first kappa shape index (κ1) is 21.8. The minimum absolute atomic E-state index is 0.0367. The lowest BCUT2D eigenvalue weighted by molar-refractivity contribution is -0.157. The van der Waals surface area contributed by atoms with Gasteiger partial charge < -0.3 is 29.2 Å². The number of carbonyl (C=O) groups is 3. The molecule has 2 aliphatic heterocycles. The Morgan fingerprint density at radius 3 is 2.75 bits per heavy atom. The van der Waals surface area contributed by atoms with E-state index >= 15 is 0 Å². The first-order valence-electron chi connectivity index (χ1n) is 9.90. The molecule has 0 saturated carbocycles. The minimum Gasteiger partial charge on any atom is -0.495 e. The van der Waals surface area contributed by atoms with Gasteiger partial charge in [0.1, 0.15) is 5.75 Å². The van der Waals surface area contributed by atoms with Gasteiger partial charge in [-0.3, -0.25) is 14.4 Å². The molecule has 2 aromatic carbocycles. The first-order valence-corrected chi connectivity index (χ1v) is 10.3. The zero-order valence-electron chi connectivity index (χ0n) is 17.4. The number of amides is 2. The summed E-state index contributed by atoms with van der Waals surface area (Å²) in [6, 6.07) is 9.87. The third kappa shape index (κ3) is 4.43. The van der Waals surface area contributed by atoms with Gasteiger partial charge in [0.05, 0.1) is 18.7 Å². The van der Waals surface area contributed by atoms with Gasteiger partial charge in [-0.15, -0.1) is 0 Å². The molecule has 2 atom stereocenters. The number of esters is 1. The molecule has 0 aromatic heterocycles. The molecule has 2 amide bonds. The molecular weight excluding hydrogens is 440 g/mol. The van der Waals surface area contributed by atoms with E-state index in [1.54, 1.807) is 36.4 Å². The van der Waals surface area contributed by atoms with Gasteiger partial charge in [0.25, 0.3) is 5.91 Å². The van der Waals surface area contributed by atoms with Gasteiger partial charge in [-0.1, -0.05) is 11.6 Å². The molecule has 2 aliphatic rings. The Bertz CT molecular complexity index is 1070. The van der Waals surface area contributed by atoms with Crippen LogP contribution in [0.15, 0.2) is 36.4 Å². The lowest BCUT2D eigenvalue weighted by atomic mass is 10.1. The van der Waals surface area contributed by atoms with Gasteiger partial charge in [-0.2, -0.15) is 0 Å². The molecule has 10 heteroatoms. The maximum atomic E-state index is 12.6. The molecule has 1 N–H and O–H groups in total. The van der Waals surface area contributed by atoms with Crippen molar-refractivity contribution in [1.82, 2.24) is 0 Å². The standard InChI is InChI=1S/C22H21ClN2O7/c1-12(21(27)24-15-4-6-18-19(9-15)31-11-30-18)32-22(28)13-7-20(26)25(10-13)16-8-14(23)3-5-17(16)29-2/h3-6,8-9,12-13H,7,10-11H2,1-2H3,(H,24,27)/t12-,13+/m0/s1. The molecule has 32 heavy (non-hydrogen) atoms. The summed E-state index contributed by atoms with van der Waals surface area (Å²) in [6.07, 6.45) is -1.09. The van der Waals surface area contributed by atoms with Crippen LogP contribution in [0, 0.1) is 5.92 Å². The molecule has 0 aliphatic carbocycles. The monoisotopic (exact) mass is 460 g/mol. The van der Waals surface area contributed by atoms with Crippen LogP contribution in [-0.4, -0.2) is 44.3 Å². The molecule has 4 rings (SSSR count). The third-order valence-electron chi connectivity index (χ3n) is 5.19. The van der Waals surface area contributed by atoms with Crippen LogP contribution < -0.4 is 24.4 Å². The van der Waals surface area contributed by atoms with Crippen LogP contribution in [0.5, 0.6) is 17.2 Å². The van der Waals surface area contributed by atoms with Crippen molar-refractivity contribution in [2.75, 3.05) is 30.7 Å². The molecule has 168 valence electrons. The Labute approximate surface area is 189 Å². The number of anilines is 2. The Morgan fingerprint density at radius 1 is 1.19 bits per heavy atom. The smallest absolute Gasteiger partial charge is 0.312 e. The largest absolute Gasteiger partial charge is 0.495 e. The number of benzene rings is 2. The zero-order chi connectivity index (χ0) is 22.8. The SMILES string of the molecule is COc1ccc(Cl)cc1N1C[C@H](C(=O)O[C@@H](C)C(=O)Nc2ccc3c(c2)OCO3)CC1=O. The average molecular weight is 461 g/mol.